The molecule has 120 valence electrons. The summed E-state index contributed by atoms with van der Waals surface area (Å²) in [7, 11) is 0. The van der Waals surface area contributed by atoms with Gasteiger partial charge in [0, 0.05) is 28.9 Å². The standard InChI is InChI=1S/C16H18N4O3/c1-9-13(16(23)19-10(2)18-9)6-7-14(21)20-12-5-3-4-11(8-12)15(17)22/h3-5,8H,6-7H2,1-2H3,(H2,17,22)(H,20,21)(H,18,19,23). The van der Waals surface area contributed by atoms with Gasteiger partial charge >= 0.3 is 0 Å². The Labute approximate surface area is 132 Å². The monoisotopic (exact) mass is 314 g/mol. The molecule has 1 aromatic heterocycles. The van der Waals surface area contributed by atoms with Gasteiger partial charge in [-0.3, -0.25) is 14.4 Å². The fraction of sp³-hybridized carbons (Fsp3) is 0.250. The van der Waals surface area contributed by atoms with Crippen LogP contribution in [0.25, 0.3) is 0 Å². The molecule has 0 aliphatic heterocycles. The van der Waals surface area contributed by atoms with Gasteiger partial charge in [-0.1, -0.05) is 6.07 Å². The maximum Gasteiger partial charge on any atom is 0.254 e. The van der Waals surface area contributed by atoms with Gasteiger partial charge in [0.25, 0.3) is 5.56 Å². The van der Waals surface area contributed by atoms with Crippen LogP contribution in [-0.4, -0.2) is 21.8 Å². The fourth-order valence-electron chi connectivity index (χ4n) is 2.26. The first kappa shape index (κ1) is 16.4. The van der Waals surface area contributed by atoms with E-state index < -0.39 is 5.91 Å². The number of hydrogen-bond donors (Lipinski definition) is 3. The number of carbonyl (C=O) groups excluding carboxylic acids is 2. The van der Waals surface area contributed by atoms with Crippen molar-refractivity contribution in [1.82, 2.24) is 9.97 Å². The molecule has 0 spiro atoms. The summed E-state index contributed by atoms with van der Waals surface area (Å²) in [5.41, 5.74) is 6.89. The smallest absolute Gasteiger partial charge is 0.254 e. The SMILES string of the molecule is Cc1nc(C)c(CCC(=O)Nc2cccc(C(N)=O)c2)c(=O)[nH]1. The highest BCUT2D eigenvalue weighted by molar-refractivity contribution is 5.96. The number of aromatic amines is 1. The summed E-state index contributed by atoms with van der Waals surface area (Å²) in [4.78, 5) is 41.8. The average Bonchev–Trinajstić information content (AvgIpc) is 2.46. The highest BCUT2D eigenvalue weighted by atomic mass is 16.2. The molecule has 0 atom stereocenters. The van der Waals surface area contributed by atoms with E-state index in [-0.39, 0.29) is 24.3 Å². The lowest BCUT2D eigenvalue weighted by molar-refractivity contribution is -0.116. The number of hydrogen-bond acceptors (Lipinski definition) is 4. The molecule has 7 heteroatoms. The van der Waals surface area contributed by atoms with Crippen molar-refractivity contribution in [3.8, 4) is 0 Å². The van der Waals surface area contributed by atoms with Gasteiger partial charge in [0.15, 0.2) is 0 Å². The molecule has 4 N–H and O–H groups in total. The Morgan fingerprint density at radius 2 is 2.04 bits per heavy atom. The summed E-state index contributed by atoms with van der Waals surface area (Å²) >= 11 is 0. The number of nitrogens with zero attached hydrogens (tertiary/aromatic N) is 1. The molecular weight excluding hydrogens is 296 g/mol. The average molecular weight is 314 g/mol. The number of aromatic nitrogens is 2. The molecular formula is C16H18N4O3. The molecule has 0 saturated carbocycles. The van der Waals surface area contributed by atoms with E-state index in [4.69, 9.17) is 5.73 Å². The topological polar surface area (TPSA) is 118 Å². The van der Waals surface area contributed by atoms with Crippen LogP contribution in [0.5, 0.6) is 0 Å². The molecule has 0 fully saturated rings. The third-order valence-electron chi connectivity index (χ3n) is 3.37. The van der Waals surface area contributed by atoms with Gasteiger partial charge in [-0.15, -0.1) is 0 Å². The Hall–Kier alpha value is -2.96. The largest absolute Gasteiger partial charge is 0.366 e. The van der Waals surface area contributed by atoms with E-state index in [1.807, 2.05) is 0 Å². The van der Waals surface area contributed by atoms with Crippen molar-refractivity contribution in [3.63, 3.8) is 0 Å². The quantitative estimate of drug-likeness (QED) is 0.764. The highest BCUT2D eigenvalue weighted by Gasteiger charge is 2.10. The van der Waals surface area contributed by atoms with Crippen LogP contribution in [0.3, 0.4) is 0 Å². The van der Waals surface area contributed by atoms with Gasteiger partial charge in [-0.25, -0.2) is 4.98 Å². The van der Waals surface area contributed by atoms with Crippen LogP contribution in [0.4, 0.5) is 5.69 Å². The van der Waals surface area contributed by atoms with Crippen LogP contribution < -0.4 is 16.6 Å². The second-order valence-electron chi connectivity index (χ2n) is 5.21. The van der Waals surface area contributed by atoms with Gasteiger partial charge in [0.2, 0.25) is 11.8 Å². The number of carbonyl (C=O) groups is 2. The van der Waals surface area contributed by atoms with Crippen molar-refractivity contribution in [3.05, 3.63) is 57.3 Å². The normalized spacial score (nSPS) is 10.3. The minimum absolute atomic E-state index is 0.134. The zero-order chi connectivity index (χ0) is 17.0. The minimum Gasteiger partial charge on any atom is -0.366 e. The van der Waals surface area contributed by atoms with E-state index in [1.54, 1.807) is 32.0 Å². The molecule has 23 heavy (non-hydrogen) atoms. The van der Waals surface area contributed by atoms with Crippen LogP contribution in [0.15, 0.2) is 29.1 Å². The molecule has 1 aromatic carbocycles. The summed E-state index contributed by atoms with van der Waals surface area (Å²) in [5.74, 6) is -0.274. The molecule has 1 heterocycles. The van der Waals surface area contributed by atoms with E-state index in [9.17, 15) is 14.4 Å². The summed E-state index contributed by atoms with van der Waals surface area (Å²) in [6.07, 6.45) is 0.422. The van der Waals surface area contributed by atoms with Crippen molar-refractivity contribution in [2.24, 2.45) is 5.73 Å². The second kappa shape index (κ2) is 6.87. The Bertz CT molecular complexity index is 811. The predicted molar refractivity (Wildman–Crippen MR) is 86.2 cm³/mol. The molecule has 7 nitrogen and oxygen atoms in total. The van der Waals surface area contributed by atoms with Gasteiger partial charge in [0.1, 0.15) is 5.82 Å². The van der Waals surface area contributed by atoms with Crippen LogP contribution in [0.1, 0.15) is 33.9 Å². The molecule has 0 unspecified atom stereocenters. The minimum atomic E-state index is -0.561. The molecule has 0 saturated heterocycles. The summed E-state index contributed by atoms with van der Waals surface area (Å²) in [5, 5.41) is 2.68. The lowest BCUT2D eigenvalue weighted by atomic mass is 10.1. The van der Waals surface area contributed by atoms with Crippen LogP contribution in [-0.2, 0) is 11.2 Å². The third kappa shape index (κ3) is 4.26. The number of primary amides is 1. The number of amides is 2. The maximum absolute atomic E-state index is 12.0. The lowest BCUT2D eigenvalue weighted by Gasteiger charge is -2.07. The second-order valence-corrected chi connectivity index (χ2v) is 5.21. The fourth-order valence-corrected chi connectivity index (χ4v) is 2.26. The number of rotatable bonds is 5. The van der Waals surface area contributed by atoms with Crippen LogP contribution >= 0.6 is 0 Å². The van der Waals surface area contributed by atoms with E-state index >= 15 is 0 Å². The van der Waals surface area contributed by atoms with Gasteiger partial charge in [-0.2, -0.15) is 0 Å². The number of benzene rings is 1. The van der Waals surface area contributed by atoms with Gasteiger partial charge in [0.05, 0.1) is 0 Å². The first-order chi connectivity index (χ1) is 10.9. The predicted octanol–water partition coefficient (Wildman–Crippen LogP) is 1.06. The number of nitrogens with one attached hydrogen (secondary N) is 2. The summed E-state index contributed by atoms with van der Waals surface area (Å²) in [6, 6.07) is 6.37. The van der Waals surface area contributed by atoms with E-state index in [1.165, 1.54) is 6.07 Å². The Morgan fingerprint density at radius 1 is 1.30 bits per heavy atom. The van der Waals surface area contributed by atoms with Crippen LogP contribution in [0, 0.1) is 13.8 Å². The zero-order valence-corrected chi connectivity index (χ0v) is 13.0. The first-order valence-electron chi connectivity index (χ1n) is 7.13. The summed E-state index contributed by atoms with van der Waals surface area (Å²) < 4.78 is 0. The Morgan fingerprint density at radius 3 is 2.70 bits per heavy atom. The lowest BCUT2D eigenvalue weighted by Crippen LogP contribution is -2.20. The molecule has 0 aliphatic rings. The van der Waals surface area contributed by atoms with Crippen molar-refractivity contribution >= 4 is 17.5 Å². The van der Waals surface area contributed by atoms with E-state index in [2.05, 4.69) is 15.3 Å². The Balaban J connectivity index is 2.02. The van der Waals surface area contributed by atoms with Crippen LogP contribution in [0.2, 0.25) is 0 Å². The third-order valence-corrected chi connectivity index (χ3v) is 3.37. The number of anilines is 1. The number of aryl methyl sites for hydroxylation is 2. The van der Waals surface area contributed by atoms with Crippen molar-refractivity contribution in [2.75, 3.05) is 5.32 Å². The first-order valence-corrected chi connectivity index (χ1v) is 7.13. The molecule has 0 aliphatic carbocycles. The molecule has 2 rings (SSSR count). The Kier molecular flexibility index (Phi) is 4.90. The molecule has 0 radical (unpaired) electrons. The maximum atomic E-state index is 12.0. The zero-order valence-electron chi connectivity index (χ0n) is 13.0. The van der Waals surface area contributed by atoms with Gasteiger partial charge in [-0.05, 0) is 38.5 Å². The molecule has 2 amide bonds. The van der Waals surface area contributed by atoms with Crippen molar-refractivity contribution in [2.45, 2.75) is 26.7 Å². The van der Waals surface area contributed by atoms with E-state index in [0.29, 0.717) is 28.3 Å². The molecule has 0 bridgehead atoms. The number of H-pyrrole nitrogens is 1. The van der Waals surface area contributed by atoms with Crippen molar-refractivity contribution in [1.29, 1.82) is 0 Å². The summed E-state index contributed by atoms with van der Waals surface area (Å²) in [6.45, 7) is 3.45. The van der Waals surface area contributed by atoms with Crippen molar-refractivity contribution < 1.29 is 9.59 Å². The number of nitrogens with two attached hydrogens (primary N) is 1. The van der Waals surface area contributed by atoms with Gasteiger partial charge < -0.3 is 16.0 Å². The van der Waals surface area contributed by atoms with E-state index in [0.717, 1.165) is 0 Å². The molecule has 2 aromatic rings. The highest BCUT2D eigenvalue weighted by Crippen LogP contribution is 2.11.